The normalized spacial score (nSPS) is 11.2. The van der Waals surface area contributed by atoms with Crippen molar-refractivity contribution in [1.82, 2.24) is 9.66 Å². The second kappa shape index (κ2) is 7.12. The molecule has 0 radical (unpaired) electrons. The molecular weight excluding hydrogens is 326 g/mol. The van der Waals surface area contributed by atoms with E-state index in [0.717, 1.165) is 29.0 Å². The summed E-state index contributed by atoms with van der Waals surface area (Å²) in [5, 5.41) is 4.24. The monoisotopic (exact) mass is 342 g/mol. The molecule has 25 heavy (non-hydrogen) atoms. The number of anilines is 1. The van der Waals surface area contributed by atoms with Crippen LogP contribution in [-0.2, 0) is 6.61 Å². The van der Waals surface area contributed by atoms with Gasteiger partial charge in [-0.3, -0.25) is 0 Å². The molecule has 0 saturated carbocycles. The molecule has 0 spiro atoms. The zero-order chi connectivity index (χ0) is 17.8. The van der Waals surface area contributed by atoms with Crippen molar-refractivity contribution in [3.05, 3.63) is 77.1 Å². The van der Waals surface area contributed by atoms with Crippen molar-refractivity contribution in [2.24, 2.45) is 5.10 Å². The van der Waals surface area contributed by atoms with E-state index in [1.165, 1.54) is 10.7 Å². The lowest BCUT2D eigenvalue weighted by Gasteiger charge is -2.08. The fraction of sp³-hybridized carbons (Fsp3) is 0.111. The Kier molecular flexibility index (Phi) is 4.74. The van der Waals surface area contributed by atoms with Crippen LogP contribution in [0.4, 0.5) is 14.7 Å². The highest BCUT2D eigenvalue weighted by Crippen LogP contribution is 2.19. The fourth-order valence-electron chi connectivity index (χ4n) is 2.24. The Morgan fingerprint density at radius 3 is 2.80 bits per heavy atom. The van der Waals surface area contributed by atoms with Gasteiger partial charge in [0.05, 0.1) is 18.1 Å². The Bertz CT molecular complexity index is 921. The smallest absolute Gasteiger partial charge is 0.221 e. The highest BCUT2D eigenvalue weighted by Gasteiger charge is 2.05. The topological polar surface area (TPSA) is 65.4 Å². The summed E-state index contributed by atoms with van der Waals surface area (Å²) in [6.45, 7) is 1.98. The molecule has 0 unspecified atom stereocenters. The number of halogens is 2. The van der Waals surface area contributed by atoms with E-state index in [0.29, 0.717) is 5.95 Å². The predicted octanol–water partition coefficient (Wildman–Crippen LogP) is 3.51. The molecule has 0 aliphatic heterocycles. The molecule has 1 aromatic heterocycles. The molecule has 3 aromatic rings. The molecule has 3 rings (SSSR count). The number of nitrogen functional groups attached to an aromatic ring is 1. The number of aryl methyl sites for hydroxylation is 1. The van der Waals surface area contributed by atoms with Gasteiger partial charge in [-0.05, 0) is 36.2 Å². The molecular formula is C18H16F2N4O. The molecule has 0 aliphatic carbocycles. The van der Waals surface area contributed by atoms with Crippen molar-refractivity contribution in [3.8, 4) is 5.75 Å². The summed E-state index contributed by atoms with van der Waals surface area (Å²) < 4.78 is 33.3. The average Bonchev–Trinajstić information content (AvgIpc) is 2.90. The van der Waals surface area contributed by atoms with Crippen LogP contribution in [0.3, 0.4) is 0 Å². The molecule has 5 nitrogen and oxygen atoms in total. The molecule has 0 saturated heterocycles. The Morgan fingerprint density at radius 1 is 1.24 bits per heavy atom. The van der Waals surface area contributed by atoms with Crippen LogP contribution in [0.15, 0.2) is 53.8 Å². The van der Waals surface area contributed by atoms with E-state index in [2.05, 4.69) is 10.1 Å². The lowest BCUT2D eigenvalue weighted by Crippen LogP contribution is -1.99. The van der Waals surface area contributed by atoms with E-state index >= 15 is 0 Å². The van der Waals surface area contributed by atoms with E-state index < -0.39 is 11.6 Å². The van der Waals surface area contributed by atoms with Gasteiger partial charge in [-0.25, -0.2) is 18.4 Å². The van der Waals surface area contributed by atoms with Crippen LogP contribution in [-0.4, -0.2) is 15.9 Å². The average molecular weight is 342 g/mol. The predicted molar refractivity (Wildman–Crippen MR) is 91.5 cm³/mol. The maximum atomic E-state index is 13.6. The van der Waals surface area contributed by atoms with Gasteiger partial charge in [0.25, 0.3) is 0 Å². The number of benzene rings is 2. The number of hydrogen-bond donors (Lipinski definition) is 1. The van der Waals surface area contributed by atoms with E-state index in [-0.39, 0.29) is 12.4 Å². The summed E-state index contributed by atoms with van der Waals surface area (Å²) in [4.78, 5) is 4.06. The SMILES string of the molecule is Cc1cn(N=Cc2cccc(COc3ccc(F)cc3F)c2)c(N)n1. The third-order valence-corrected chi connectivity index (χ3v) is 3.41. The van der Waals surface area contributed by atoms with Gasteiger partial charge in [-0.2, -0.15) is 5.10 Å². The number of rotatable bonds is 5. The molecule has 128 valence electrons. The summed E-state index contributed by atoms with van der Waals surface area (Å²) in [5.41, 5.74) is 8.15. The maximum Gasteiger partial charge on any atom is 0.221 e. The first kappa shape index (κ1) is 16.6. The van der Waals surface area contributed by atoms with Crippen molar-refractivity contribution >= 4 is 12.2 Å². The minimum absolute atomic E-state index is 0.00198. The zero-order valence-electron chi connectivity index (χ0n) is 13.5. The first-order valence-electron chi connectivity index (χ1n) is 7.54. The van der Waals surface area contributed by atoms with Crippen LogP contribution in [0, 0.1) is 18.6 Å². The van der Waals surface area contributed by atoms with Crippen molar-refractivity contribution in [3.63, 3.8) is 0 Å². The summed E-state index contributed by atoms with van der Waals surface area (Å²) in [5.74, 6) is -1.07. The fourth-order valence-corrected chi connectivity index (χ4v) is 2.24. The number of ether oxygens (including phenoxy) is 1. The van der Waals surface area contributed by atoms with Crippen molar-refractivity contribution in [2.45, 2.75) is 13.5 Å². The minimum atomic E-state index is -0.733. The highest BCUT2D eigenvalue weighted by molar-refractivity contribution is 5.79. The Hall–Kier alpha value is -3.22. The van der Waals surface area contributed by atoms with Crippen molar-refractivity contribution in [1.29, 1.82) is 0 Å². The molecule has 0 atom stereocenters. The van der Waals surface area contributed by atoms with E-state index in [1.54, 1.807) is 12.4 Å². The number of imidazole rings is 1. The van der Waals surface area contributed by atoms with Gasteiger partial charge in [0.1, 0.15) is 12.4 Å². The van der Waals surface area contributed by atoms with Gasteiger partial charge in [0.15, 0.2) is 11.6 Å². The van der Waals surface area contributed by atoms with Gasteiger partial charge < -0.3 is 10.5 Å². The van der Waals surface area contributed by atoms with Crippen LogP contribution >= 0.6 is 0 Å². The second-order valence-electron chi connectivity index (χ2n) is 5.44. The summed E-state index contributed by atoms with van der Waals surface area (Å²) >= 11 is 0. The van der Waals surface area contributed by atoms with Crippen LogP contribution in [0.25, 0.3) is 0 Å². The third kappa shape index (κ3) is 4.20. The van der Waals surface area contributed by atoms with Crippen LogP contribution in [0.1, 0.15) is 16.8 Å². The van der Waals surface area contributed by atoms with Gasteiger partial charge in [-0.1, -0.05) is 18.2 Å². The van der Waals surface area contributed by atoms with Crippen LogP contribution in [0.2, 0.25) is 0 Å². The summed E-state index contributed by atoms with van der Waals surface area (Å²) in [6.07, 6.45) is 3.36. The third-order valence-electron chi connectivity index (χ3n) is 3.41. The molecule has 0 bridgehead atoms. The van der Waals surface area contributed by atoms with Gasteiger partial charge in [0, 0.05) is 6.07 Å². The lowest BCUT2D eigenvalue weighted by molar-refractivity contribution is 0.289. The maximum absolute atomic E-state index is 13.6. The quantitative estimate of drug-likeness (QED) is 0.722. The van der Waals surface area contributed by atoms with Gasteiger partial charge in [0.2, 0.25) is 5.95 Å². The molecule has 0 fully saturated rings. The molecule has 2 aromatic carbocycles. The molecule has 0 aliphatic rings. The molecule has 2 N–H and O–H groups in total. The van der Waals surface area contributed by atoms with Crippen molar-refractivity contribution in [2.75, 3.05) is 5.73 Å². The zero-order valence-corrected chi connectivity index (χ0v) is 13.5. The van der Waals surface area contributed by atoms with E-state index in [4.69, 9.17) is 10.5 Å². The van der Waals surface area contributed by atoms with Crippen molar-refractivity contribution < 1.29 is 13.5 Å². The minimum Gasteiger partial charge on any atom is -0.486 e. The Morgan fingerprint density at radius 2 is 2.08 bits per heavy atom. The number of nitrogens with zero attached hydrogens (tertiary/aromatic N) is 3. The second-order valence-corrected chi connectivity index (χ2v) is 5.44. The van der Waals surface area contributed by atoms with E-state index in [9.17, 15) is 8.78 Å². The molecule has 0 amide bonds. The standard InChI is InChI=1S/C18H16F2N4O/c1-12-10-24(18(21)23-12)22-9-13-3-2-4-14(7-13)11-25-17-6-5-15(19)8-16(17)20/h2-10H,11H2,1H3,(H2,21,23). The molecule has 7 heteroatoms. The largest absolute Gasteiger partial charge is 0.486 e. The number of aromatic nitrogens is 2. The highest BCUT2D eigenvalue weighted by atomic mass is 19.1. The summed E-state index contributed by atoms with van der Waals surface area (Å²) in [6, 6.07) is 10.6. The first-order valence-corrected chi connectivity index (χ1v) is 7.54. The van der Waals surface area contributed by atoms with Gasteiger partial charge >= 0.3 is 0 Å². The Balaban J connectivity index is 1.70. The number of hydrogen-bond acceptors (Lipinski definition) is 4. The van der Waals surface area contributed by atoms with Crippen LogP contribution < -0.4 is 10.5 Å². The Labute approximate surface area is 143 Å². The lowest BCUT2D eigenvalue weighted by atomic mass is 10.1. The first-order chi connectivity index (χ1) is 12.0. The number of nitrogens with two attached hydrogens (primary N) is 1. The summed E-state index contributed by atoms with van der Waals surface area (Å²) in [7, 11) is 0. The van der Waals surface area contributed by atoms with Gasteiger partial charge in [-0.15, -0.1) is 0 Å². The van der Waals surface area contributed by atoms with E-state index in [1.807, 2.05) is 31.2 Å². The molecule has 1 heterocycles. The van der Waals surface area contributed by atoms with Crippen LogP contribution in [0.5, 0.6) is 5.75 Å².